The van der Waals surface area contributed by atoms with Crippen LogP contribution in [-0.2, 0) is 10.0 Å². The van der Waals surface area contributed by atoms with E-state index in [0.717, 1.165) is 12.0 Å². The van der Waals surface area contributed by atoms with Gasteiger partial charge < -0.3 is 5.73 Å². The van der Waals surface area contributed by atoms with E-state index in [4.69, 9.17) is 5.73 Å². The summed E-state index contributed by atoms with van der Waals surface area (Å²) in [6.45, 7) is 4.40. The Labute approximate surface area is 125 Å². The fraction of sp³-hybridized carbons (Fsp3) is 0.538. The molecule has 114 valence electrons. The third kappa shape index (κ3) is 3.14. The van der Waals surface area contributed by atoms with Gasteiger partial charge in [-0.3, -0.25) is 0 Å². The number of sulfonamides is 1. The number of aryl methyl sites for hydroxylation is 1. The largest absolute Gasteiger partial charge is 0.330 e. The Morgan fingerprint density at radius 2 is 2.10 bits per heavy atom. The Kier molecular flexibility index (Phi) is 5.54. The molecule has 0 bridgehead atoms. The molecule has 0 spiro atoms. The number of rotatable bonds is 3. The Morgan fingerprint density at radius 3 is 2.65 bits per heavy atom. The Bertz CT molecular complexity index is 580. The van der Waals surface area contributed by atoms with Gasteiger partial charge in [0.2, 0.25) is 10.0 Å². The molecule has 0 radical (unpaired) electrons. The molecule has 7 heteroatoms. The first kappa shape index (κ1) is 17.4. The van der Waals surface area contributed by atoms with Crippen LogP contribution in [0.25, 0.3) is 0 Å². The second-order valence-electron chi connectivity index (χ2n) is 5.20. The van der Waals surface area contributed by atoms with Gasteiger partial charge in [-0.25, -0.2) is 12.8 Å². The molecular formula is C13H20ClFN2O2S. The first-order chi connectivity index (χ1) is 8.86. The smallest absolute Gasteiger partial charge is 0.246 e. The van der Waals surface area contributed by atoms with Gasteiger partial charge in [-0.1, -0.05) is 6.07 Å². The number of hydrogen-bond acceptors (Lipinski definition) is 3. The summed E-state index contributed by atoms with van der Waals surface area (Å²) in [5, 5.41) is 0. The van der Waals surface area contributed by atoms with Crippen molar-refractivity contribution in [1.29, 1.82) is 0 Å². The summed E-state index contributed by atoms with van der Waals surface area (Å²) >= 11 is 0. The van der Waals surface area contributed by atoms with E-state index in [1.54, 1.807) is 13.0 Å². The highest BCUT2D eigenvalue weighted by atomic mass is 35.5. The molecule has 2 rings (SSSR count). The molecule has 0 aliphatic carbocycles. The lowest BCUT2D eigenvalue weighted by molar-refractivity contribution is 0.401. The van der Waals surface area contributed by atoms with Gasteiger partial charge in [-0.2, -0.15) is 4.31 Å². The van der Waals surface area contributed by atoms with Gasteiger partial charge >= 0.3 is 0 Å². The van der Waals surface area contributed by atoms with E-state index < -0.39 is 15.8 Å². The van der Waals surface area contributed by atoms with Crippen molar-refractivity contribution in [3.05, 3.63) is 29.6 Å². The van der Waals surface area contributed by atoms with E-state index in [2.05, 4.69) is 0 Å². The molecule has 1 aliphatic rings. The summed E-state index contributed by atoms with van der Waals surface area (Å²) in [7, 11) is -3.78. The van der Waals surface area contributed by atoms with E-state index in [1.807, 2.05) is 6.92 Å². The summed E-state index contributed by atoms with van der Waals surface area (Å²) in [4.78, 5) is -0.239. The molecule has 0 saturated carbocycles. The van der Waals surface area contributed by atoms with Crippen molar-refractivity contribution in [2.75, 3.05) is 13.1 Å². The molecule has 4 nitrogen and oxygen atoms in total. The van der Waals surface area contributed by atoms with Crippen LogP contribution in [0.3, 0.4) is 0 Å². The third-order valence-corrected chi connectivity index (χ3v) is 5.61. The topological polar surface area (TPSA) is 63.4 Å². The molecule has 1 fully saturated rings. The van der Waals surface area contributed by atoms with Crippen LogP contribution < -0.4 is 5.73 Å². The van der Waals surface area contributed by atoms with Crippen molar-refractivity contribution < 1.29 is 12.8 Å². The average molecular weight is 323 g/mol. The van der Waals surface area contributed by atoms with Crippen LogP contribution in [0.15, 0.2) is 23.1 Å². The van der Waals surface area contributed by atoms with E-state index >= 15 is 0 Å². The fourth-order valence-electron chi connectivity index (χ4n) is 2.55. The zero-order valence-corrected chi connectivity index (χ0v) is 13.2. The Balaban J connectivity index is 0.00000200. The van der Waals surface area contributed by atoms with Crippen molar-refractivity contribution in [3.8, 4) is 0 Å². The van der Waals surface area contributed by atoms with Gasteiger partial charge in [0.15, 0.2) is 0 Å². The summed E-state index contributed by atoms with van der Waals surface area (Å²) in [6, 6.07) is 4.00. The highest BCUT2D eigenvalue weighted by Crippen LogP contribution is 2.30. The standard InChI is InChI=1S/C13H19FN2O2S.ClH/c1-9-3-4-12(14)13(5-9)19(17,18)16-8-11(7-15)6-10(16)2;/h3-5,10-11H,6-8,15H2,1-2H3;1H. The normalized spacial score (nSPS) is 23.6. The van der Waals surface area contributed by atoms with E-state index in [9.17, 15) is 12.8 Å². The first-order valence-corrected chi connectivity index (χ1v) is 7.78. The lowest BCUT2D eigenvalue weighted by Crippen LogP contribution is -2.35. The van der Waals surface area contributed by atoms with Crippen LogP contribution in [0.5, 0.6) is 0 Å². The SMILES string of the molecule is Cc1ccc(F)c(S(=O)(=O)N2CC(CN)CC2C)c1.Cl. The number of nitrogens with two attached hydrogens (primary N) is 1. The third-order valence-electron chi connectivity index (χ3n) is 3.61. The number of hydrogen-bond donors (Lipinski definition) is 1. The van der Waals surface area contributed by atoms with Crippen LogP contribution in [-0.4, -0.2) is 31.9 Å². The minimum atomic E-state index is -3.78. The highest BCUT2D eigenvalue weighted by Gasteiger charge is 2.38. The molecule has 2 unspecified atom stereocenters. The lowest BCUT2D eigenvalue weighted by Gasteiger charge is -2.21. The van der Waals surface area contributed by atoms with Gasteiger partial charge in [-0.15, -0.1) is 12.4 Å². The predicted octanol–water partition coefficient (Wildman–Crippen LogP) is 1.91. The van der Waals surface area contributed by atoms with Crippen molar-refractivity contribution in [2.24, 2.45) is 11.7 Å². The monoisotopic (exact) mass is 322 g/mol. The quantitative estimate of drug-likeness (QED) is 0.924. The highest BCUT2D eigenvalue weighted by molar-refractivity contribution is 7.89. The molecule has 2 atom stereocenters. The Hall–Kier alpha value is -0.690. The molecule has 20 heavy (non-hydrogen) atoms. The second kappa shape index (κ2) is 6.39. The molecule has 2 N–H and O–H groups in total. The van der Waals surface area contributed by atoms with Crippen molar-refractivity contribution >= 4 is 22.4 Å². The van der Waals surface area contributed by atoms with E-state index in [-0.39, 0.29) is 29.3 Å². The van der Waals surface area contributed by atoms with Gasteiger partial charge in [0.05, 0.1) is 0 Å². The molecule has 0 amide bonds. The minimum Gasteiger partial charge on any atom is -0.330 e. The molecule has 1 aromatic rings. The van der Waals surface area contributed by atoms with Gasteiger partial charge in [0.25, 0.3) is 0 Å². The van der Waals surface area contributed by atoms with Crippen LogP contribution in [0.1, 0.15) is 18.9 Å². The molecular weight excluding hydrogens is 303 g/mol. The van der Waals surface area contributed by atoms with Crippen molar-refractivity contribution in [3.63, 3.8) is 0 Å². The Morgan fingerprint density at radius 1 is 1.45 bits per heavy atom. The molecule has 1 aromatic carbocycles. The van der Waals surface area contributed by atoms with E-state index in [0.29, 0.717) is 13.1 Å². The van der Waals surface area contributed by atoms with Gasteiger partial charge in [0, 0.05) is 12.6 Å². The molecule has 1 aliphatic heterocycles. The van der Waals surface area contributed by atoms with Crippen LogP contribution in [0.2, 0.25) is 0 Å². The molecule has 1 heterocycles. The zero-order valence-electron chi connectivity index (χ0n) is 11.5. The molecule has 0 aromatic heterocycles. The predicted molar refractivity (Wildman–Crippen MR) is 78.9 cm³/mol. The maximum absolute atomic E-state index is 13.8. The number of nitrogens with zero attached hydrogens (tertiary/aromatic N) is 1. The van der Waals surface area contributed by atoms with Gasteiger partial charge in [-0.05, 0) is 50.4 Å². The summed E-state index contributed by atoms with van der Waals surface area (Å²) < 4.78 is 40.2. The second-order valence-corrected chi connectivity index (χ2v) is 7.05. The summed E-state index contributed by atoms with van der Waals surface area (Å²) in [6.07, 6.45) is 0.725. The van der Waals surface area contributed by atoms with E-state index in [1.165, 1.54) is 16.4 Å². The van der Waals surface area contributed by atoms with Crippen molar-refractivity contribution in [2.45, 2.75) is 31.2 Å². The maximum atomic E-state index is 13.8. The maximum Gasteiger partial charge on any atom is 0.246 e. The summed E-state index contributed by atoms with van der Waals surface area (Å²) in [5.74, 6) is -0.549. The fourth-order valence-corrected chi connectivity index (χ4v) is 4.42. The first-order valence-electron chi connectivity index (χ1n) is 6.34. The van der Waals surface area contributed by atoms with Crippen LogP contribution in [0.4, 0.5) is 4.39 Å². The average Bonchev–Trinajstić information content (AvgIpc) is 2.74. The van der Waals surface area contributed by atoms with Crippen molar-refractivity contribution in [1.82, 2.24) is 4.31 Å². The zero-order chi connectivity index (χ0) is 14.2. The summed E-state index contributed by atoms with van der Waals surface area (Å²) in [5.41, 5.74) is 6.32. The number of halogens is 2. The number of benzene rings is 1. The van der Waals surface area contributed by atoms with Crippen LogP contribution >= 0.6 is 12.4 Å². The lowest BCUT2D eigenvalue weighted by atomic mass is 10.1. The molecule has 1 saturated heterocycles. The van der Waals surface area contributed by atoms with Gasteiger partial charge in [0.1, 0.15) is 10.7 Å². The van der Waals surface area contributed by atoms with Crippen LogP contribution in [0, 0.1) is 18.7 Å². The minimum absolute atomic E-state index is 0.